The van der Waals surface area contributed by atoms with Crippen molar-refractivity contribution in [2.24, 2.45) is 0 Å². The number of amides is 1. The summed E-state index contributed by atoms with van der Waals surface area (Å²) in [5, 5.41) is 0. The van der Waals surface area contributed by atoms with Gasteiger partial charge in [0, 0.05) is 4.47 Å². The molecule has 1 fully saturated rings. The van der Waals surface area contributed by atoms with Crippen LogP contribution in [0.2, 0.25) is 0 Å². The first kappa shape index (κ1) is 21.3. The van der Waals surface area contributed by atoms with Gasteiger partial charge in [-0.3, -0.25) is 9.69 Å². The minimum absolute atomic E-state index is 0.108. The fraction of sp³-hybridized carbons (Fsp3) is 0.0435. The van der Waals surface area contributed by atoms with Crippen LogP contribution in [0.5, 0.6) is 5.75 Å². The van der Waals surface area contributed by atoms with E-state index >= 15 is 0 Å². The van der Waals surface area contributed by atoms with Gasteiger partial charge in [-0.15, -0.1) is 0 Å². The molecule has 3 aromatic carbocycles. The summed E-state index contributed by atoms with van der Waals surface area (Å²) in [5.41, 5.74) is 2.76. The highest BCUT2D eigenvalue weighted by Crippen LogP contribution is 2.36. The van der Waals surface area contributed by atoms with Gasteiger partial charge in [0.25, 0.3) is 5.91 Å². The second kappa shape index (κ2) is 9.47. The number of ether oxygens (including phenoxy) is 1. The van der Waals surface area contributed by atoms with E-state index in [0.717, 1.165) is 31.5 Å². The second-order valence-electron chi connectivity index (χ2n) is 6.46. The van der Waals surface area contributed by atoms with Gasteiger partial charge in [-0.05, 0) is 69.5 Å². The van der Waals surface area contributed by atoms with Crippen LogP contribution in [-0.2, 0) is 11.4 Å². The fourth-order valence-electron chi connectivity index (χ4n) is 2.88. The molecule has 0 aliphatic carbocycles. The lowest BCUT2D eigenvalue weighted by molar-refractivity contribution is -0.113. The Morgan fingerprint density at radius 1 is 1.00 bits per heavy atom. The van der Waals surface area contributed by atoms with Crippen molar-refractivity contribution in [2.45, 2.75) is 6.61 Å². The Morgan fingerprint density at radius 3 is 2.43 bits per heavy atom. The van der Waals surface area contributed by atoms with Gasteiger partial charge >= 0.3 is 0 Å². The van der Waals surface area contributed by atoms with Gasteiger partial charge in [-0.25, -0.2) is 0 Å². The number of thiocarbonyl (C=S) groups is 1. The van der Waals surface area contributed by atoms with Gasteiger partial charge < -0.3 is 4.74 Å². The van der Waals surface area contributed by atoms with Gasteiger partial charge in [0.2, 0.25) is 0 Å². The van der Waals surface area contributed by atoms with E-state index in [2.05, 4.69) is 31.9 Å². The number of anilines is 1. The number of nitrogens with zero attached hydrogens (tertiary/aromatic N) is 1. The van der Waals surface area contributed by atoms with Crippen molar-refractivity contribution in [1.82, 2.24) is 0 Å². The smallest absolute Gasteiger partial charge is 0.270 e. The molecular weight excluding hydrogens is 546 g/mol. The quantitative estimate of drug-likeness (QED) is 0.244. The molecule has 1 heterocycles. The standard InChI is InChI=1S/C23H15Br2NO2S2/c24-17-9-6-15(7-10-17)14-28-20-11-8-16(12-19(20)25)13-21-22(27)26(23(29)30-21)18-4-2-1-3-5-18/h1-13H,14H2/b21-13+. The number of thioether (sulfide) groups is 1. The van der Waals surface area contributed by atoms with Crippen LogP contribution in [0.25, 0.3) is 6.08 Å². The van der Waals surface area contributed by atoms with E-state index in [1.54, 1.807) is 4.90 Å². The van der Waals surface area contributed by atoms with Crippen LogP contribution in [0, 0.1) is 0 Å². The molecule has 4 rings (SSSR count). The molecule has 7 heteroatoms. The van der Waals surface area contributed by atoms with Crippen LogP contribution in [0.15, 0.2) is 86.6 Å². The van der Waals surface area contributed by atoms with E-state index in [4.69, 9.17) is 17.0 Å². The lowest BCUT2D eigenvalue weighted by Gasteiger charge is -2.13. The van der Waals surface area contributed by atoms with E-state index in [-0.39, 0.29) is 5.91 Å². The molecule has 150 valence electrons. The van der Waals surface area contributed by atoms with Crippen molar-refractivity contribution < 1.29 is 9.53 Å². The third-order valence-electron chi connectivity index (χ3n) is 4.37. The number of rotatable bonds is 5. The zero-order valence-corrected chi connectivity index (χ0v) is 20.4. The van der Waals surface area contributed by atoms with E-state index in [1.165, 1.54) is 11.8 Å². The van der Waals surface area contributed by atoms with Gasteiger partial charge in [0.05, 0.1) is 15.1 Å². The monoisotopic (exact) mass is 559 g/mol. The molecule has 0 saturated carbocycles. The normalized spacial score (nSPS) is 15.1. The molecule has 0 spiro atoms. The van der Waals surface area contributed by atoms with Crippen LogP contribution >= 0.6 is 55.8 Å². The van der Waals surface area contributed by atoms with E-state index in [9.17, 15) is 4.79 Å². The van der Waals surface area contributed by atoms with Crippen LogP contribution in [0.3, 0.4) is 0 Å². The van der Waals surface area contributed by atoms with Gasteiger partial charge in [-0.2, -0.15) is 0 Å². The number of carbonyl (C=O) groups excluding carboxylic acids is 1. The Hall–Kier alpha value is -1.93. The first-order valence-corrected chi connectivity index (χ1v) is 11.8. The predicted molar refractivity (Wildman–Crippen MR) is 135 cm³/mol. The molecule has 0 atom stereocenters. The Bertz CT molecular complexity index is 1130. The Balaban J connectivity index is 1.49. The van der Waals surface area contributed by atoms with Crippen LogP contribution < -0.4 is 9.64 Å². The van der Waals surface area contributed by atoms with E-state index in [1.807, 2.05) is 78.9 Å². The molecule has 3 nitrogen and oxygen atoms in total. The zero-order chi connectivity index (χ0) is 21.1. The molecule has 1 aliphatic heterocycles. The summed E-state index contributed by atoms with van der Waals surface area (Å²) >= 11 is 13.7. The number of halogens is 2. The number of hydrogen-bond acceptors (Lipinski definition) is 4. The fourth-order valence-corrected chi connectivity index (χ4v) is 4.96. The summed E-state index contributed by atoms with van der Waals surface area (Å²) in [7, 11) is 0. The van der Waals surface area contributed by atoms with Gasteiger partial charge in [0.15, 0.2) is 4.32 Å². The topological polar surface area (TPSA) is 29.5 Å². The first-order valence-electron chi connectivity index (χ1n) is 9.01. The molecule has 1 saturated heterocycles. The SMILES string of the molecule is O=C1/C(=C\c2ccc(OCc3ccc(Br)cc3)c(Br)c2)SC(=S)N1c1ccccc1. The average molecular weight is 561 g/mol. The van der Waals surface area contributed by atoms with Gasteiger partial charge in [-0.1, -0.05) is 76.3 Å². The molecule has 0 unspecified atom stereocenters. The summed E-state index contributed by atoms with van der Waals surface area (Å²) in [4.78, 5) is 15.0. The van der Waals surface area contributed by atoms with E-state index in [0.29, 0.717) is 15.8 Å². The maximum atomic E-state index is 12.9. The third-order valence-corrected chi connectivity index (χ3v) is 6.82. The maximum absolute atomic E-state index is 12.9. The largest absolute Gasteiger partial charge is 0.488 e. The molecular formula is C23H15Br2NO2S2. The van der Waals surface area contributed by atoms with Crippen molar-refractivity contribution in [3.05, 3.63) is 97.8 Å². The zero-order valence-electron chi connectivity index (χ0n) is 15.5. The van der Waals surface area contributed by atoms with Crippen LogP contribution in [-0.4, -0.2) is 10.2 Å². The molecule has 0 bridgehead atoms. The number of hydrogen-bond donors (Lipinski definition) is 0. The Morgan fingerprint density at radius 2 is 1.73 bits per heavy atom. The van der Waals surface area contributed by atoms with Crippen molar-refractivity contribution in [3.8, 4) is 5.75 Å². The highest BCUT2D eigenvalue weighted by atomic mass is 79.9. The highest BCUT2D eigenvalue weighted by Gasteiger charge is 2.33. The molecule has 1 aliphatic rings. The lowest BCUT2D eigenvalue weighted by Crippen LogP contribution is -2.27. The summed E-state index contributed by atoms with van der Waals surface area (Å²) in [6, 6.07) is 23.2. The minimum Gasteiger partial charge on any atom is -0.488 e. The number of carbonyl (C=O) groups is 1. The molecule has 0 N–H and O–H groups in total. The van der Waals surface area contributed by atoms with Crippen LogP contribution in [0.4, 0.5) is 5.69 Å². The van der Waals surface area contributed by atoms with E-state index < -0.39 is 0 Å². The van der Waals surface area contributed by atoms with Crippen molar-refractivity contribution >= 4 is 77.8 Å². The molecule has 3 aromatic rings. The molecule has 0 aromatic heterocycles. The van der Waals surface area contributed by atoms with Gasteiger partial charge in [0.1, 0.15) is 12.4 Å². The third kappa shape index (κ3) is 4.86. The van der Waals surface area contributed by atoms with Crippen molar-refractivity contribution in [3.63, 3.8) is 0 Å². The predicted octanol–water partition coefficient (Wildman–Crippen LogP) is 7.20. The summed E-state index contributed by atoms with van der Waals surface area (Å²) in [6.07, 6.45) is 1.85. The Labute approximate surface area is 201 Å². The molecule has 30 heavy (non-hydrogen) atoms. The number of para-hydroxylation sites is 1. The molecule has 1 amide bonds. The number of benzene rings is 3. The lowest BCUT2D eigenvalue weighted by atomic mass is 10.2. The first-order chi connectivity index (χ1) is 14.5. The summed E-state index contributed by atoms with van der Waals surface area (Å²) < 4.78 is 8.31. The Kier molecular flexibility index (Phi) is 6.73. The van der Waals surface area contributed by atoms with Crippen molar-refractivity contribution in [1.29, 1.82) is 0 Å². The minimum atomic E-state index is -0.108. The second-order valence-corrected chi connectivity index (χ2v) is 9.90. The van der Waals surface area contributed by atoms with Crippen molar-refractivity contribution in [2.75, 3.05) is 4.90 Å². The summed E-state index contributed by atoms with van der Waals surface area (Å²) in [6.45, 7) is 0.473. The maximum Gasteiger partial charge on any atom is 0.270 e. The highest BCUT2D eigenvalue weighted by molar-refractivity contribution is 9.10. The summed E-state index contributed by atoms with van der Waals surface area (Å²) in [5.74, 6) is 0.634. The van der Waals surface area contributed by atoms with Crippen LogP contribution in [0.1, 0.15) is 11.1 Å². The molecule has 0 radical (unpaired) electrons. The average Bonchev–Trinajstić information content (AvgIpc) is 3.02.